The molecule has 0 fully saturated rings. The second-order valence-electron chi connectivity index (χ2n) is 5.74. The van der Waals surface area contributed by atoms with Gasteiger partial charge in [-0.15, -0.1) is 0 Å². The molecule has 2 N–H and O–H groups in total. The molecule has 0 spiro atoms. The number of nitrogens with zero attached hydrogens (tertiary/aromatic N) is 1. The molecule has 0 bridgehead atoms. The number of halogens is 3. The summed E-state index contributed by atoms with van der Waals surface area (Å²) in [6, 6.07) is 6.89. The van der Waals surface area contributed by atoms with E-state index in [1.54, 1.807) is 26.0 Å². The fourth-order valence-electron chi connectivity index (χ4n) is 2.24. The maximum atomic E-state index is 12.7. The Morgan fingerprint density at radius 2 is 2.00 bits per heavy atom. The molecule has 1 unspecified atom stereocenters. The molecule has 3 aromatic rings. The zero-order valence-corrected chi connectivity index (χ0v) is 13.8. The lowest BCUT2D eigenvalue weighted by molar-refractivity contribution is -0.137. The highest BCUT2D eigenvalue weighted by molar-refractivity contribution is 7.22. The fourth-order valence-corrected chi connectivity index (χ4v) is 3.08. The number of rotatable bonds is 4. The molecule has 0 saturated heterocycles. The SMILES string of the molecule is Cc1ccc(C(C)(O)CNc2nc3cc(C(F)(F)F)ccc3s2)o1. The Labute approximate surface area is 139 Å². The molecule has 2 heterocycles. The number of thiazole rings is 1. The lowest BCUT2D eigenvalue weighted by atomic mass is 10.0. The van der Waals surface area contributed by atoms with E-state index in [-0.39, 0.29) is 12.1 Å². The molecule has 3 rings (SSSR count). The summed E-state index contributed by atoms with van der Waals surface area (Å²) < 4.78 is 44.3. The van der Waals surface area contributed by atoms with Crippen molar-refractivity contribution in [1.82, 2.24) is 4.98 Å². The predicted molar refractivity (Wildman–Crippen MR) is 86.1 cm³/mol. The molecule has 128 valence electrons. The van der Waals surface area contributed by atoms with Gasteiger partial charge in [-0.3, -0.25) is 0 Å². The summed E-state index contributed by atoms with van der Waals surface area (Å²) in [7, 11) is 0. The highest BCUT2D eigenvalue weighted by Gasteiger charge is 2.31. The number of hydrogen-bond donors (Lipinski definition) is 2. The molecule has 0 saturated carbocycles. The third kappa shape index (κ3) is 3.39. The maximum absolute atomic E-state index is 12.7. The summed E-state index contributed by atoms with van der Waals surface area (Å²) in [6.07, 6.45) is -4.40. The Balaban J connectivity index is 1.78. The number of anilines is 1. The van der Waals surface area contributed by atoms with Crippen molar-refractivity contribution in [1.29, 1.82) is 0 Å². The van der Waals surface area contributed by atoms with Crippen molar-refractivity contribution in [3.05, 3.63) is 47.4 Å². The van der Waals surface area contributed by atoms with Crippen LogP contribution in [0, 0.1) is 6.92 Å². The van der Waals surface area contributed by atoms with Gasteiger partial charge in [0.2, 0.25) is 0 Å². The molecule has 2 aromatic heterocycles. The molecule has 8 heteroatoms. The van der Waals surface area contributed by atoms with E-state index >= 15 is 0 Å². The number of aryl methyl sites for hydroxylation is 1. The number of benzene rings is 1. The lowest BCUT2D eigenvalue weighted by Crippen LogP contribution is -2.30. The second kappa shape index (κ2) is 5.78. The Kier molecular flexibility index (Phi) is 4.05. The van der Waals surface area contributed by atoms with Crippen molar-refractivity contribution in [3.63, 3.8) is 0 Å². The third-order valence-electron chi connectivity index (χ3n) is 3.57. The van der Waals surface area contributed by atoms with Gasteiger partial charge in [0.05, 0.1) is 22.3 Å². The highest BCUT2D eigenvalue weighted by atomic mass is 32.1. The van der Waals surface area contributed by atoms with E-state index in [1.807, 2.05) is 0 Å². The van der Waals surface area contributed by atoms with E-state index in [0.717, 1.165) is 12.1 Å². The van der Waals surface area contributed by atoms with Crippen LogP contribution >= 0.6 is 11.3 Å². The van der Waals surface area contributed by atoms with Gasteiger partial charge in [-0.1, -0.05) is 11.3 Å². The van der Waals surface area contributed by atoms with Crippen molar-refractivity contribution in [2.75, 3.05) is 11.9 Å². The van der Waals surface area contributed by atoms with Crippen molar-refractivity contribution in [2.24, 2.45) is 0 Å². The minimum absolute atomic E-state index is 0.117. The van der Waals surface area contributed by atoms with Crippen molar-refractivity contribution >= 4 is 26.7 Å². The van der Waals surface area contributed by atoms with Crippen LogP contribution in [-0.4, -0.2) is 16.6 Å². The topological polar surface area (TPSA) is 58.3 Å². The number of hydrogen-bond acceptors (Lipinski definition) is 5. The zero-order valence-electron chi connectivity index (χ0n) is 12.9. The largest absolute Gasteiger partial charge is 0.463 e. The second-order valence-corrected chi connectivity index (χ2v) is 6.77. The molecule has 4 nitrogen and oxygen atoms in total. The average molecular weight is 356 g/mol. The number of furan rings is 1. The molecule has 1 aromatic carbocycles. The number of nitrogens with one attached hydrogen (secondary N) is 1. The molecule has 0 radical (unpaired) electrons. The summed E-state index contributed by atoms with van der Waals surface area (Å²) in [5, 5.41) is 13.9. The van der Waals surface area contributed by atoms with Crippen LogP contribution in [0.2, 0.25) is 0 Å². The molecular formula is C16H15F3N2O2S. The molecule has 24 heavy (non-hydrogen) atoms. The van der Waals surface area contributed by atoms with Crippen LogP contribution in [0.4, 0.5) is 18.3 Å². The summed E-state index contributed by atoms with van der Waals surface area (Å²) in [5.41, 5.74) is -1.72. The lowest BCUT2D eigenvalue weighted by Gasteiger charge is -2.20. The van der Waals surface area contributed by atoms with Gasteiger partial charge in [0, 0.05) is 0 Å². The average Bonchev–Trinajstić information content (AvgIpc) is 3.09. The quantitative estimate of drug-likeness (QED) is 0.721. The first-order valence-electron chi connectivity index (χ1n) is 7.16. The summed E-state index contributed by atoms with van der Waals surface area (Å²) in [5.74, 6) is 1.10. The highest BCUT2D eigenvalue weighted by Crippen LogP contribution is 2.34. The Morgan fingerprint density at radius 1 is 1.25 bits per heavy atom. The van der Waals surface area contributed by atoms with Crippen LogP contribution in [0.5, 0.6) is 0 Å². The number of alkyl halides is 3. The van der Waals surface area contributed by atoms with E-state index in [9.17, 15) is 18.3 Å². The van der Waals surface area contributed by atoms with Gasteiger partial charge >= 0.3 is 6.18 Å². The first kappa shape index (κ1) is 16.8. The van der Waals surface area contributed by atoms with Gasteiger partial charge in [-0.05, 0) is 44.2 Å². The minimum atomic E-state index is -4.40. The van der Waals surface area contributed by atoms with E-state index in [0.29, 0.717) is 21.4 Å². The summed E-state index contributed by atoms with van der Waals surface area (Å²) >= 11 is 1.23. The van der Waals surface area contributed by atoms with Crippen LogP contribution in [-0.2, 0) is 11.8 Å². The van der Waals surface area contributed by atoms with Gasteiger partial charge < -0.3 is 14.8 Å². The monoisotopic (exact) mass is 356 g/mol. The van der Waals surface area contributed by atoms with Gasteiger partial charge in [-0.25, -0.2) is 4.98 Å². The normalized spacial score (nSPS) is 14.8. The first-order chi connectivity index (χ1) is 11.1. The summed E-state index contributed by atoms with van der Waals surface area (Å²) in [6.45, 7) is 3.48. The van der Waals surface area contributed by atoms with Crippen molar-refractivity contribution in [2.45, 2.75) is 25.6 Å². The Bertz CT molecular complexity index is 868. The molecule has 0 aliphatic carbocycles. The molecule has 0 aliphatic heterocycles. The van der Waals surface area contributed by atoms with Gasteiger partial charge in [-0.2, -0.15) is 13.2 Å². The van der Waals surface area contributed by atoms with Crippen LogP contribution in [0.3, 0.4) is 0 Å². The van der Waals surface area contributed by atoms with Crippen LogP contribution in [0.25, 0.3) is 10.2 Å². The summed E-state index contributed by atoms with van der Waals surface area (Å²) in [4.78, 5) is 4.15. The van der Waals surface area contributed by atoms with Crippen LogP contribution < -0.4 is 5.32 Å². The number of aliphatic hydroxyl groups is 1. The molecule has 0 aliphatic rings. The van der Waals surface area contributed by atoms with Gasteiger partial charge in [0.1, 0.15) is 17.1 Å². The Morgan fingerprint density at radius 3 is 2.62 bits per heavy atom. The van der Waals surface area contributed by atoms with E-state index in [2.05, 4.69) is 10.3 Å². The molecule has 0 amide bonds. The maximum Gasteiger partial charge on any atom is 0.416 e. The van der Waals surface area contributed by atoms with Crippen LogP contribution in [0.15, 0.2) is 34.7 Å². The zero-order chi connectivity index (χ0) is 17.5. The van der Waals surface area contributed by atoms with Crippen molar-refractivity contribution in [3.8, 4) is 0 Å². The van der Waals surface area contributed by atoms with E-state index in [4.69, 9.17) is 4.42 Å². The third-order valence-corrected chi connectivity index (χ3v) is 4.56. The van der Waals surface area contributed by atoms with Gasteiger partial charge in [0.15, 0.2) is 5.13 Å². The van der Waals surface area contributed by atoms with Gasteiger partial charge in [0.25, 0.3) is 0 Å². The smallest absolute Gasteiger partial charge is 0.416 e. The first-order valence-corrected chi connectivity index (χ1v) is 7.98. The predicted octanol–water partition coefficient (Wildman–Crippen LogP) is 4.54. The van der Waals surface area contributed by atoms with E-state index in [1.165, 1.54) is 17.4 Å². The standard InChI is InChI=1S/C16H15F3N2O2S/c1-9-3-6-13(23-9)15(2,22)8-20-14-21-11-7-10(16(17,18)19)4-5-12(11)24-14/h3-7,22H,8H2,1-2H3,(H,20,21). The number of aromatic nitrogens is 1. The van der Waals surface area contributed by atoms with Crippen molar-refractivity contribution < 1.29 is 22.7 Å². The fraction of sp³-hybridized carbons (Fsp3) is 0.312. The molecular weight excluding hydrogens is 341 g/mol. The number of fused-ring (bicyclic) bond motifs is 1. The Hall–Kier alpha value is -2.06. The minimum Gasteiger partial charge on any atom is -0.463 e. The molecule has 1 atom stereocenters. The van der Waals surface area contributed by atoms with E-state index < -0.39 is 17.3 Å². The van der Waals surface area contributed by atoms with Crippen LogP contribution in [0.1, 0.15) is 24.0 Å².